The maximum absolute atomic E-state index is 12.3. The largest absolute Gasteiger partial charge is 1.00 e. The van der Waals surface area contributed by atoms with Gasteiger partial charge in [0.25, 0.3) is 5.69 Å². The van der Waals surface area contributed by atoms with Crippen molar-refractivity contribution in [3.8, 4) is 0 Å². The van der Waals surface area contributed by atoms with E-state index in [1.807, 2.05) is 6.92 Å². The number of para-hydroxylation sites is 1. The van der Waals surface area contributed by atoms with E-state index in [0.717, 1.165) is 4.48 Å². The summed E-state index contributed by atoms with van der Waals surface area (Å²) < 4.78 is 6.31. The number of carbonyl (C=O) groups is 1. The van der Waals surface area contributed by atoms with E-state index in [9.17, 15) is 14.9 Å². The molecule has 0 aromatic heterocycles. The molecule has 1 atom stereocenters. The van der Waals surface area contributed by atoms with Crippen LogP contribution in [0.15, 0.2) is 24.3 Å². The molecule has 0 bridgehead atoms. The summed E-state index contributed by atoms with van der Waals surface area (Å²) in [5.74, 6) is -0.626. The van der Waals surface area contributed by atoms with Crippen LogP contribution in [0.25, 0.3) is 0 Å². The van der Waals surface area contributed by atoms with Crippen LogP contribution in [0.4, 0.5) is 5.69 Å². The molecule has 0 N–H and O–H groups in total. The zero-order chi connectivity index (χ0) is 17.7. The Bertz CT molecular complexity index is 600. The van der Waals surface area contributed by atoms with E-state index >= 15 is 0 Å². The molecule has 25 heavy (non-hydrogen) atoms. The van der Waals surface area contributed by atoms with Gasteiger partial charge in [-0.3, -0.25) is 10.1 Å². The van der Waals surface area contributed by atoms with Crippen LogP contribution in [-0.4, -0.2) is 48.2 Å². The van der Waals surface area contributed by atoms with Gasteiger partial charge in [0.1, 0.15) is 18.2 Å². The van der Waals surface area contributed by atoms with E-state index in [1.165, 1.54) is 44.2 Å². The molecule has 1 fully saturated rings. The van der Waals surface area contributed by atoms with Crippen LogP contribution in [0.3, 0.4) is 0 Å². The van der Waals surface area contributed by atoms with Gasteiger partial charge in [-0.2, -0.15) is 0 Å². The van der Waals surface area contributed by atoms with Crippen molar-refractivity contribution in [1.82, 2.24) is 0 Å². The summed E-state index contributed by atoms with van der Waals surface area (Å²) in [7, 11) is 4.34. The fourth-order valence-electron chi connectivity index (χ4n) is 3.68. The molecule has 1 aliphatic rings. The minimum absolute atomic E-state index is 0. The van der Waals surface area contributed by atoms with Crippen LogP contribution in [0, 0.1) is 10.1 Å². The molecular formula is C18H27IN2O4. The second-order valence-corrected chi connectivity index (χ2v) is 7.24. The molecule has 0 radical (unpaired) electrons. The predicted octanol–water partition coefficient (Wildman–Crippen LogP) is 0.553. The van der Waals surface area contributed by atoms with Crippen molar-refractivity contribution in [2.24, 2.45) is 0 Å². The topological polar surface area (TPSA) is 69.4 Å². The van der Waals surface area contributed by atoms with Gasteiger partial charge in [0, 0.05) is 6.07 Å². The lowest BCUT2D eigenvalue weighted by atomic mass is 9.93. The van der Waals surface area contributed by atoms with E-state index in [1.54, 1.807) is 12.1 Å². The van der Waals surface area contributed by atoms with Crippen LogP contribution >= 0.6 is 0 Å². The van der Waals surface area contributed by atoms with Gasteiger partial charge < -0.3 is 33.2 Å². The molecule has 0 spiro atoms. The fraction of sp³-hybridized carbons (Fsp3) is 0.611. The third kappa shape index (κ3) is 5.91. The zero-order valence-electron chi connectivity index (χ0n) is 15.1. The summed E-state index contributed by atoms with van der Waals surface area (Å²) in [4.78, 5) is 22.8. The first-order valence-corrected chi connectivity index (χ1v) is 8.58. The van der Waals surface area contributed by atoms with E-state index < -0.39 is 10.9 Å². The van der Waals surface area contributed by atoms with E-state index in [0.29, 0.717) is 12.6 Å². The minimum Gasteiger partial charge on any atom is -1.00 e. The number of benzene rings is 1. The van der Waals surface area contributed by atoms with Crippen LogP contribution < -0.4 is 24.0 Å². The van der Waals surface area contributed by atoms with Crippen molar-refractivity contribution in [1.29, 1.82) is 0 Å². The predicted molar refractivity (Wildman–Crippen MR) is 91.8 cm³/mol. The number of esters is 1. The highest BCUT2D eigenvalue weighted by Crippen LogP contribution is 2.26. The number of rotatable bonds is 6. The molecule has 1 aromatic rings. The Hall–Kier alpha value is -1.22. The zero-order valence-corrected chi connectivity index (χ0v) is 17.3. The van der Waals surface area contributed by atoms with Gasteiger partial charge >= 0.3 is 5.97 Å². The van der Waals surface area contributed by atoms with Crippen molar-refractivity contribution in [3.63, 3.8) is 0 Å². The lowest BCUT2D eigenvalue weighted by molar-refractivity contribution is -0.918. The summed E-state index contributed by atoms with van der Waals surface area (Å²) in [6.45, 7) is 2.56. The standard InChI is InChI=1S/C18H27N2O4.HI/c1-14(13-20(2,3)15-9-5-4-6-10-15)24-18(21)16-11-7-8-12-17(16)19(22)23;/h7-8,11-12,14-15H,4-6,9-10,13H2,1-3H3;1H/q+1;/p-1. The third-order valence-corrected chi connectivity index (χ3v) is 4.92. The average Bonchev–Trinajstić information content (AvgIpc) is 2.55. The first-order chi connectivity index (χ1) is 11.3. The summed E-state index contributed by atoms with van der Waals surface area (Å²) in [6, 6.07) is 6.50. The Morgan fingerprint density at radius 3 is 2.48 bits per heavy atom. The number of nitro benzene ring substituents is 1. The smallest absolute Gasteiger partial charge is 0.345 e. The molecule has 0 aliphatic heterocycles. The maximum Gasteiger partial charge on any atom is 0.345 e. The van der Waals surface area contributed by atoms with Crippen molar-refractivity contribution in [2.45, 2.75) is 51.2 Å². The lowest BCUT2D eigenvalue weighted by Gasteiger charge is -2.41. The number of hydrogen-bond donors (Lipinski definition) is 0. The summed E-state index contributed by atoms with van der Waals surface area (Å²) >= 11 is 0. The van der Waals surface area contributed by atoms with Gasteiger partial charge in [-0.1, -0.05) is 18.6 Å². The Kier molecular flexibility index (Phi) is 8.27. The Labute approximate surface area is 166 Å². The lowest BCUT2D eigenvalue weighted by Crippen LogP contribution is -3.00. The van der Waals surface area contributed by atoms with E-state index in [2.05, 4.69) is 14.1 Å². The number of carbonyl (C=O) groups excluding carboxylic acids is 1. The fourth-order valence-corrected chi connectivity index (χ4v) is 3.68. The van der Waals surface area contributed by atoms with Gasteiger partial charge in [-0.05, 0) is 38.7 Å². The van der Waals surface area contributed by atoms with Crippen LogP contribution in [-0.2, 0) is 4.74 Å². The molecule has 140 valence electrons. The van der Waals surface area contributed by atoms with E-state index in [4.69, 9.17) is 4.74 Å². The van der Waals surface area contributed by atoms with E-state index in [-0.39, 0.29) is 41.3 Å². The Morgan fingerprint density at radius 2 is 1.88 bits per heavy atom. The highest BCUT2D eigenvalue weighted by Gasteiger charge is 2.32. The van der Waals surface area contributed by atoms with Crippen molar-refractivity contribution in [2.75, 3.05) is 20.6 Å². The van der Waals surface area contributed by atoms with Crippen LogP contribution in [0.2, 0.25) is 0 Å². The third-order valence-electron chi connectivity index (χ3n) is 4.92. The van der Waals surface area contributed by atoms with Gasteiger partial charge in [0.15, 0.2) is 0 Å². The normalized spacial score (nSPS) is 16.6. The molecule has 0 saturated heterocycles. The molecule has 0 amide bonds. The van der Waals surface area contributed by atoms with Gasteiger partial charge in [0.05, 0.1) is 25.1 Å². The molecule has 6 nitrogen and oxygen atoms in total. The molecule has 1 unspecified atom stereocenters. The molecule has 1 aromatic carbocycles. The summed E-state index contributed by atoms with van der Waals surface area (Å²) in [6.07, 6.45) is 5.94. The number of nitro groups is 1. The number of nitrogens with zero attached hydrogens (tertiary/aromatic N) is 2. The number of ether oxygens (including phenoxy) is 1. The van der Waals surface area contributed by atoms with Crippen LogP contribution in [0.5, 0.6) is 0 Å². The molecule has 1 aliphatic carbocycles. The number of likely N-dealkylation sites (N-methyl/N-ethyl adjacent to an activating group) is 1. The molecule has 2 rings (SSSR count). The van der Waals surface area contributed by atoms with Crippen molar-refractivity contribution >= 4 is 11.7 Å². The molecular weight excluding hydrogens is 435 g/mol. The molecule has 7 heteroatoms. The maximum atomic E-state index is 12.3. The molecule has 1 saturated carbocycles. The first-order valence-electron chi connectivity index (χ1n) is 8.58. The van der Waals surface area contributed by atoms with Gasteiger partial charge in [-0.15, -0.1) is 0 Å². The van der Waals surface area contributed by atoms with Crippen molar-refractivity contribution < 1.29 is 42.9 Å². The highest BCUT2D eigenvalue weighted by atomic mass is 127. The number of hydrogen-bond acceptors (Lipinski definition) is 4. The Balaban J connectivity index is 0.00000312. The van der Waals surface area contributed by atoms with Crippen molar-refractivity contribution in [3.05, 3.63) is 39.9 Å². The first kappa shape index (κ1) is 21.8. The minimum atomic E-state index is -0.626. The molecule has 0 heterocycles. The highest BCUT2D eigenvalue weighted by molar-refractivity contribution is 5.93. The quantitative estimate of drug-likeness (QED) is 0.204. The number of halogens is 1. The second kappa shape index (κ2) is 9.47. The van der Waals surface area contributed by atoms with Gasteiger partial charge in [0.2, 0.25) is 0 Å². The Morgan fingerprint density at radius 1 is 1.28 bits per heavy atom. The average molecular weight is 462 g/mol. The van der Waals surface area contributed by atoms with Gasteiger partial charge in [-0.25, -0.2) is 4.79 Å². The SMILES string of the molecule is CC(C[N+](C)(C)C1CCCCC1)OC(=O)c1ccccc1[N+](=O)[O-].[I-]. The van der Waals surface area contributed by atoms with Crippen LogP contribution in [0.1, 0.15) is 49.4 Å². The summed E-state index contributed by atoms with van der Waals surface area (Å²) in [5.41, 5.74) is -0.201. The monoisotopic (exact) mass is 462 g/mol. The number of quaternary nitrogens is 1. The second-order valence-electron chi connectivity index (χ2n) is 7.24. The summed E-state index contributed by atoms with van der Waals surface area (Å²) in [5, 5.41) is 11.0.